The number of aliphatic hydroxyl groups is 1. The van der Waals surface area contributed by atoms with Gasteiger partial charge in [-0.05, 0) is 41.0 Å². The van der Waals surface area contributed by atoms with E-state index in [0.717, 1.165) is 30.9 Å². The summed E-state index contributed by atoms with van der Waals surface area (Å²) in [6.07, 6.45) is 3.23. The van der Waals surface area contributed by atoms with Crippen molar-refractivity contribution in [3.63, 3.8) is 0 Å². The highest BCUT2D eigenvalue weighted by Crippen LogP contribution is 2.28. The van der Waals surface area contributed by atoms with Gasteiger partial charge < -0.3 is 10.4 Å². The van der Waals surface area contributed by atoms with Crippen LogP contribution in [0, 0.1) is 0 Å². The van der Waals surface area contributed by atoms with E-state index >= 15 is 0 Å². The Kier molecular flexibility index (Phi) is 4.91. The Balaban J connectivity index is 1.89. The Morgan fingerprint density at radius 3 is 3.06 bits per heavy atom. The first-order valence-electron chi connectivity index (χ1n) is 6.29. The minimum atomic E-state index is -0.479. The van der Waals surface area contributed by atoms with Gasteiger partial charge in [0.2, 0.25) is 0 Å². The van der Waals surface area contributed by atoms with Gasteiger partial charge in [-0.3, -0.25) is 0 Å². The summed E-state index contributed by atoms with van der Waals surface area (Å²) in [5.74, 6) is 1.97. The smallest absolute Gasteiger partial charge is 0.0869 e. The van der Waals surface area contributed by atoms with Crippen molar-refractivity contribution in [3.8, 4) is 0 Å². The molecule has 1 saturated heterocycles. The van der Waals surface area contributed by atoms with Gasteiger partial charge in [-0.15, -0.1) is 0 Å². The molecular weight excluding hydrogens is 250 g/mol. The average Bonchev–Trinajstić information content (AvgIpc) is 2.96. The lowest BCUT2D eigenvalue weighted by Crippen LogP contribution is -2.41. The molecule has 0 spiro atoms. The first kappa shape index (κ1) is 13.4. The van der Waals surface area contributed by atoms with E-state index in [0.29, 0.717) is 6.04 Å². The Labute approximate surface area is 112 Å². The molecule has 0 radical (unpaired) electrons. The first-order chi connectivity index (χ1) is 8.23. The van der Waals surface area contributed by atoms with Gasteiger partial charge in [0.15, 0.2) is 0 Å². The lowest BCUT2D eigenvalue weighted by Gasteiger charge is -2.26. The highest BCUT2D eigenvalue weighted by Gasteiger charge is 2.32. The third-order valence-corrected chi connectivity index (χ3v) is 5.22. The number of hydrogen-bond acceptors (Lipinski definition) is 4. The molecule has 1 aromatic heterocycles. The summed E-state index contributed by atoms with van der Waals surface area (Å²) in [5.41, 5.74) is 0.887. The molecule has 0 aromatic carbocycles. The molecule has 1 aliphatic rings. The molecule has 4 heteroatoms. The van der Waals surface area contributed by atoms with E-state index in [2.05, 4.69) is 29.1 Å². The molecule has 2 atom stereocenters. The van der Waals surface area contributed by atoms with Crippen LogP contribution in [0.25, 0.3) is 0 Å². The predicted molar refractivity (Wildman–Crippen MR) is 76.9 cm³/mol. The second-order valence-corrected chi connectivity index (χ2v) is 6.69. The molecule has 0 unspecified atom stereocenters. The molecule has 1 fully saturated rings. The van der Waals surface area contributed by atoms with E-state index in [1.165, 1.54) is 12.0 Å². The van der Waals surface area contributed by atoms with Crippen molar-refractivity contribution in [1.82, 2.24) is 5.32 Å². The van der Waals surface area contributed by atoms with Crippen LogP contribution in [0.1, 0.15) is 37.8 Å². The van der Waals surface area contributed by atoms with Crippen LogP contribution in [0.5, 0.6) is 0 Å². The molecule has 0 amide bonds. The fourth-order valence-electron chi connectivity index (χ4n) is 2.20. The number of thioether (sulfide) groups is 1. The lowest BCUT2D eigenvalue weighted by molar-refractivity contribution is 0.0641. The van der Waals surface area contributed by atoms with Crippen molar-refractivity contribution < 1.29 is 5.11 Å². The van der Waals surface area contributed by atoms with Gasteiger partial charge in [-0.2, -0.15) is 23.1 Å². The maximum Gasteiger partial charge on any atom is 0.0869 e. The van der Waals surface area contributed by atoms with Crippen LogP contribution in [0.4, 0.5) is 0 Å². The minimum Gasteiger partial charge on any atom is -0.388 e. The van der Waals surface area contributed by atoms with Gasteiger partial charge in [0.25, 0.3) is 0 Å². The van der Waals surface area contributed by atoms with E-state index in [9.17, 15) is 5.11 Å². The van der Waals surface area contributed by atoms with Crippen molar-refractivity contribution >= 4 is 23.1 Å². The van der Waals surface area contributed by atoms with Crippen LogP contribution >= 0.6 is 23.1 Å². The summed E-state index contributed by atoms with van der Waals surface area (Å²) < 4.78 is 0. The van der Waals surface area contributed by atoms with Gasteiger partial charge in [0.1, 0.15) is 0 Å². The van der Waals surface area contributed by atoms with Crippen molar-refractivity contribution in [3.05, 3.63) is 22.4 Å². The molecule has 0 bridgehead atoms. The Bertz CT molecular complexity index is 320. The van der Waals surface area contributed by atoms with Crippen LogP contribution in [-0.4, -0.2) is 28.8 Å². The van der Waals surface area contributed by atoms with Crippen LogP contribution in [0.15, 0.2) is 16.8 Å². The topological polar surface area (TPSA) is 32.3 Å². The van der Waals surface area contributed by atoms with Gasteiger partial charge in [-0.1, -0.05) is 13.3 Å². The van der Waals surface area contributed by atoms with Gasteiger partial charge in [-0.25, -0.2) is 0 Å². The van der Waals surface area contributed by atoms with Crippen LogP contribution in [-0.2, 0) is 0 Å². The molecule has 17 heavy (non-hydrogen) atoms. The molecule has 1 aliphatic heterocycles. The fourth-order valence-corrected chi connectivity index (χ4v) is 4.21. The molecule has 2 rings (SSSR count). The first-order valence-corrected chi connectivity index (χ1v) is 8.39. The molecule has 2 heterocycles. The number of thiophene rings is 1. The zero-order valence-corrected chi connectivity index (χ0v) is 11.9. The summed E-state index contributed by atoms with van der Waals surface area (Å²) in [7, 11) is 0. The largest absolute Gasteiger partial charge is 0.388 e. The van der Waals surface area contributed by atoms with Gasteiger partial charge in [0, 0.05) is 18.3 Å². The van der Waals surface area contributed by atoms with E-state index in [1.54, 1.807) is 11.3 Å². The lowest BCUT2D eigenvalue weighted by atomic mass is 10.0. The minimum absolute atomic E-state index is 0.404. The molecule has 96 valence electrons. The monoisotopic (exact) mass is 271 g/mol. The number of hydrogen-bond donors (Lipinski definition) is 2. The molecule has 1 aromatic rings. The van der Waals surface area contributed by atoms with E-state index in [4.69, 9.17) is 0 Å². The van der Waals surface area contributed by atoms with Crippen LogP contribution < -0.4 is 5.32 Å². The number of nitrogens with one attached hydrogen (secondary N) is 1. The Morgan fingerprint density at radius 1 is 1.59 bits per heavy atom. The average molecular weight is 271 g/mol. The Hall–Kier alpha value is -0.0300. The van der Waals surface area contributed by atoms with Crippen LogP contribution in [0.2, 0.25) is 0 Å². The van der Waals surface area contributed by atoms with E-state index in [-0.39, 0.29) is 0 Å². The Morgan fingerprint density at radius 2 is 2.47 bits per heavy atom. The van der Waals surface area contributed by atoms with Gasteiger partial charge >= 0.3 is 0 Å². The zero-order chi connectivity index (χ0) is 12.1. The second kappa shape index (κ2) is 6.23. The van der Waals surface area contributed by atoms with Crippen molar-refractivity contribution in [2.75, 3.05) is 18.1 Å². The highest BCUT2D eigenvalue weighted by atomic mass is 32.2. The summed E-state index contributed by atoms with van der Waals surface area (Å²) in [6.45, 7) is 2.93. The predicted octanol–water partition coefficient (Wildman–Crippen LogP) is 3.05. The molecule has 0 aliphatic carbocycles. The second-order valence-electron chi connectivity index (χ2n) is 4.81. The molecule has 2 N–H and O–H groups in total. The molecule has 2 nitrogen and oxygen atoms in total. The summed E-state index contributed by atoms with van der Waals surface area (Å²) in [4.78, 5) is 0. The van der Waals surface area contributed by atoms with Crippen molar-refractivity contribution in [2.45, 2.75) is 37.8 Å². The highest BCUT2D eigenvalue weighted by molar-refractivity contribution is 7.99. The number of rotatable bonds is 6. The summed E-state index contributed by atoms with van der Waals surface area (Å²) in [5, 5.41) is 18.2. The van der Waals surface area contributed by atoms with Gasteiger partial charge in [0.05, 0.1) is 5.60 Å². The zero-order valence-electron chi connectivity index (χ0n) is 10.3. The standard InChI is InChI=1S/C13H21NOS2/c1-2-3-12(11-4-6-16-8-11)14-9-13(15)5-7-17-10-13/h4,6,8,12,14-15H,2-3,5,7,9-10H2,1H3/t12-,13+/m0/s1. The van der Waals surface area contributed by atoms with Crippen molar-refractivity contribution in [2.24, 2.45) is 0 Å². The maximum absolute atomic E-state index is 10.3. The third kappa shape index (κ3) is 3.71. The maximum atomic E-state index is 10.3. The quantitative estimate of drug-likeness (QED) is 0.834. The van der Waals surface area contributed by atoms with E-state index < -0.39 is 5.60 Å². The molecule has 0 saturated carbocycles. The fraction of sp³-hybridized carbons (Fsp3) is 0.692. The summed E-state index contributed by atoms with van der Waals surface area (Å²) >= 11 is 3.60. The molecular formula is C13H21NOS2. The van der Waals surface area contributed by atoms with E-state index in [1.807, 2.05) is 11.8 Å². The summed E-state index contributed by atoms with van der Waals surface area (Å²) in [6, 6.07) is 2.59. The van der Waals surface area contributed by atoms with Crippen molar-refractivity contribution in [1.29, 1.82) is 0 Å². The third-order valence-electron chi connectivity index (χ3n) is 3.28. The SMILES string of the molecule is CCC[C@H](NC[C@]1(O)CCSC1)c1ccsc1. The van der Waals surface area contributed by atoms with Crippen LogP contribution in [0.3, 0.4) is 0 Å². The normalized spacial score (nSPS) is 26.2.